The molecule has 36 heavy (non-hydrogen) atoms. The Bertz CT molecular complexity index is 1680. The monoisotopic (exact) mass is 504 g/mol. The molecule has 0 atom stereocenters. The van der Waals surface area contributed by atoms with Crippen molar-refractivity contribution < 1.29 is 13.2 Å². The minimum atomic E-state index is -3.85. The molecule has 5 rings (SSSR count). The van der Waals surface area contributed by atoms with Crippen LogP contribution in [0.2, 0.25) is 0 Å². The predicted molar refractivity (Wildman–Crippen MR) is 141 cm³/mol. The number of aromatic nitrogens is 4. The van der Waals surface area contributed by atoms with Crippen LogP contribution in [-0.2, 0) is 34.1 Å². The number of hydrogen-bond acceptors (Lipinski definition) is 7. The summed E-state index contributed by atoms with van der Waals surface area (Å²) >= 11 is 0. The number of benzene rings is 2. The number of unbranched alkanes of at least 4 members (excludes halogenated alkanes) is 1. The van der Waals surface area contributed by atoms with Gasteiger partial charge in [-0.2, -0.15) is 0 Å². The fourth-order valence-corrected chi connectivity index (χ4v) is 5.34. The molecule has 0 saturated carbocycles. The molecule has 0 aliphatic heterocycles. The highest BCUT2D eigenvalue weighted by molar-refractivity contribution is 7.89. The molecule has 9 nitrogen and oxygen atoms in total. The van der Waals surface area contributed by atoms with E-state index in [-0.39, 0.29) is 4.90 Å². The zero-order valence-corrected chi connectivity index (χ0v) is 20.8. The van der Waals surface area contributed by atoms with Crippen molar-refractivity contribution in [2.75, 3.05) is 19.5 Å². The quantitative estimate of drug-likeness (QED) is 0.293. The van der Waals surface area contributed by atoms with Gasteiger partial charge in [0.2, 0.25) is 10.0 Å². The summed E-state index contributed by atoms with van der Waals surface area (Å²) in [5, 5.41) is 7.16. The van der Waals surface area contributed by atoms with Crippen molar-refractivity contribution in [3.63, 3.8) is 0 Å². The van der Waals surface area contributed by atoms with E-state index in [4.69, 9.17) is 20.6 Å². The number of nitrogens with zero attached hydrogens (tertiary/aromatic N) is 4. The van der Waals surface area contributed by atoms with E-state index in [0.717, 1.165) is 52.7 Å². The Morgan fingerprint density at radius 1 is 0.917 bits per heavy atom. The molecular formula is C26H28N6O3S. The Balaban J connectivity index is 1.41. The summed E-state index contributed by atoms with van der Waals surface area (Å²) in [7, 11) is -2.18. The third-order valence-corrected chi connectivity index (χ3v) is 7.27. The molecule has 3 aromatic heterocycles. The highest BCUT2D eigenvalue weighted by atomic mass is 32.2. The number of primary sulfonamides is 1. The van der Waals surface area contributed by atoms with Crippen molar-refractivity contribution in [3.05, 3.63) is 66.1 Å². The number of nitrogen functional groups attached to an aromatic ring is 1. The average molecular weight is 505 g/mol. The molecule has 10 heteroatoms. The van der Waals surface area contributed by atoms with E-state index < -0.39 is 10.0 Å². The van der Waals surface area contributed by atoms with Gasteiger partial charge in [0, 0.05) is 36.5 Å². The van der Waals surface area contributed by atoms with Crippen molar-refractivity contribution in [3.8, 4) is 0 Å². The van der Waals surface area contributed by atoms with E-state index in [1.54, 1.807) is 13.2 Å². The molecule has 0 aliphatic rings. The lowest BCUT2D eigenvalue weighted by Crippen LogP contribution is -2.13. The summed E-state index contributed by atoms with van der Waals surface area (Å²) in [6.07, 6.45) is 3.11. The fraction of sp³-hybridized carbons (Fsp3) is 0.269. The molecule has 0 spiro atoms. The first-order chi connectivity index (χ1) is 17.4. The van der Waals surface area contributed by atoms with Gasteiger partial charge in [-0.3, -0.25) is 4.98 Å². The molecule has 0 bridgehead atoms. The number of pyridine rings is 2. The minimum Gasteiger partial charge on any atom is -0.384 e. The van der Waals surface area contributed by atoms with E-state index in [1.807, 2.05) is 42.5 Å². The van der Waals surface area contributed by atoms with Crippen LogP contribution >= 0.6 is 0 Å². The second kappa shape index (κ2) is 9.81. The van der Waals surface area contributed by atoms with Gasteiger partial charge in [0.1, 0.15) is 16.2 Å². The Morgan fingerprint density at radius 2 is 1.75 bits per heavy atom. The van der Waals surface area contributed by atoms with Gasteiger partial charge in [0.15, 0.2) is 5.82 Å². The van der Waals surface area contributed by atoms with E-state index in [0.29, 0.717) is 36.3 Å². The van der Waals surface area contributed by atoms with E-state index >= 15 is 0 Å². The summed E-state index contributed by atoms with van der Waals surface area (Å²) < 4.78 is 31.5. The number of ether oxygens (including phenoxy) is 1. The normalized spacial score (nSPS) is 12.2. The van der Waals surface area contributed by atoms with Crippen LogP contribution in [0.1, 0.15) is 24.4 Å². The predicted octanol–water partition coefficient (Wildman–Crippen LogP) is 3.57. The van der Waals surface area contributed by atoms with Crippen LogP contribution in [0.15, 0.2) is 59.5 Å². The summed E-state index contributed by atoms with van der Waals surface area (Å²) in [6, 6.07) is 16.8. The van der Waals surface area contributed by atoms with Gasteiger partial charge in [-0.15, -0.1) is 0 Å². The lowest BCUT2D eigenvalue weighted by Gasteiger charge is -2.11. The first kappa shape index (κ1) is 24.1. The maximum atomic E-state index is 12.0. The van der Waals surface area contributed by atoms with Gasteiger partial charge in [0.05, 0.1) is 23.2 Å². The van der Waals surface area contributed by atoms with Crippen LogP contribution in [-0.4, -0.2) is 41.7 Å². The number of para-hydroxylation sites is 2. The summed E-state index contributed by atoms with van der Waals surface area (Å²) in [4.78, 5) is 14.0. The van der Waals surface area contributed by atoms with Crippen LogP contribution in [0.25, 0.3) is 32.8 Å². The van der Waals surface area contributed by atoms with Crippen molar-refractivity contribution in [2.24, 2.45) is 5.14 Å². The zero-order valence-electron chi connectivity index (χ0n) is 20.0. The van der Waals surface area contributed by atoms with Gasteiger partial charge in [0.25, 0.3) is 0 Å². The first-order valence-electron chi connectivity index (χ1n) is 11.8. The molecule has 3 heterocycles. The third-order valence-electron chi connectivity index (χ3n) is 6.33. The van der Waals surface area contributed by atoms with Crippen LogP contribution in [0.5, 0.6) is 0 Å². The average Bonchev–Trinajstić information content (AvgIpc) is 3.23. The van der Waals surface area contributed by atoms with Crippen LogP contribution < -0.4 is 10.9 Å². The number of sulfonamides is 1. The molecule has 0 aliphatic carbocycles. The third kappa shape index (κ3) is 4.62. The standard InChI is InChI=1S/C26H28N6O3S/c1-35-16-14-22-31-24-25(19-9-2-3-10-20(19)30-26(24)27)32(22)15-5-4-8-18-13-12-17-7-6-11-21(23(17)29-18)36(28,33)34/h2-3,6-7,9-13H,4-5,8,14-16H2,1H3,(H2,27,30)(H2,28,33,34). The number of rotatable bonds is 9. The smallest absolute Gasteiger partial charge is 0.240 e. The summed E-state index contributed by atoms with van der Waals surface area (Å²) in [5.74, 6) is 1.34. The van der Waals surface area contributed by atoms with Crippen molar-refractivity contribution in [1.29, 1.82) is 0 Å². The fourth-order valence-electron chi connectivity index (χ4n) is 4.64. The minimum absolute atomic E-state index is 0.0487. The molecule has 0 radical (unpaired) electrons. The topological polar surface area (TPSA) is 139 Å². The highest BCUT2D eigenvalue weighted by Crippen LogP contribution is 2.29. The van der Waals surface area contributed by atoms with Gasteiger partial charge in [-0.25, -0.2) is 23.5 Å². The van der Waals surface area contributed by atoms with E-state index in [1.165, 1.54) is 6.07 Å². The summed E-state index contributed by atoms with van der Waals surface area (Å²) in [6.45, 7) is 1.31. The van der Waals surface area contributed by atoms with Crippen LogP contribution in [0.3, 0.4) is 0 Å². The van der Waals surface area contributed by atoms with Gasteiger partial charge < -0.3 is 15.0 Å². The molecule has 0 amide bonds. The van der Waals surface area contributed by atoms with Crippen LogP contribution in [0, 0.1) is 0 Å². The lowest BCUT2D eigenvalue weighted by atomic mass is 10.1. The first-order valence-corrected chi connectivity index (χ1v) is 13.3. The number of imidazole rings is 1. The maximum absolute atomic E-state index is 12.0. The molecule has 186 valence electrons. The Morgan fingerprint density at radius 3 is 2.56 bits per heavy atom. The second-order valence-electron chi connectivity index (χ2n) is 8.77. The van der Waals surface area contributed by atoms with Gasteiger partial charge >= 0.3 is 0 Å². The van der Waals surface area contributed by atoms with Crippen molar-refractivity contribution >= 4 is 48.7 Å². The highest BCUT2D eigenvalue weighted by Gasteiger charge is 2.17. The largest absolute Gasteiger partial charge is 0.384 e. The van der Waals surface area contributed by atoms with Crippen molar-refractivity contribution in [1.82, 2.24) is 19.5 Å². The molecular weight excluding hydrogens is 476 g/mol. The van der Waals surface area contributed by atoms with Gasteiger partial charge in [-0.1, -0.05) is 36.4 Å². The number of fused-ring (bicyclic) bond motifs is 4. The summed E-state index contributed by atoms with van der Waals surface area (Å²) in [5.41, 5.74) is 10.1. The number of hydrogen-bond donors (Lipinski definition) is 2. The Kier molecular flexibility index (Phi) is 6.57. The number of nitrogens with two attached hydrogens (primary N) is 2. The second-order valence-corrected chi connectivity index (χ2v) is 10.3. The lowest BCUT2D eigenvalue weighted by molar-refractivity contribution is 0.199. The Labute approximate surface area is 209 Å². The maximum Gasteiger partial charge on any atom is 0.240 e. The van der Waals surface area contributed by atoms with Crippen molar-refractivity contribution in [2.45, 2.75) is 37.1 Å². The molecule has 2 aromatic carbocycles. The van der Waals surface area contributed by atoms with E-state index in [2.05, 4.69) is 14.5 Å². The molecule has 0 saturated heterocycles. The molecule has 4 N–H and O–H groups in total. The molecule has 5 aromatic rings. The molecule has 0 fully saturated rings. The number of methoxy groups -OCH3 is 1. The number of aryl methyl sites for hydroxylation is 2. The van der Waals surface area contributed by atoms with Crippen LogP contribution in [0.4, 0.5) is 5.82 Å². The zero-order chi connectivity index (χ0) is 25.3. The Hall–Kier alpha value is -3.60. The SMILES string of the molecule is COCCc1nc2c(N)nc3ccccc3c2n1CCCCc1ccc2cccc(S(N)(=O)=O)c2n1. The molecule has 0 unspecified atom stereocenters. The van der Waals surface area contributed by atoms with E-state index in [9.17, 15) is 8.42 Å². The van der Waals surface area contributed by atoms with Gasteiger partial charge in [-0.05, 0) is 37.5 Å². The number of anilines is 1.